The summed E-state index contributed by atoms with van der Waals surface area (Å²) in [6.07, 6.45) is 2.63. The maximum absolute atomic E-state index is 11.3. The molecule has 5 heteroatoms. The monoisotopic (exact) mass is 291 g/mol. The molecule has 0 radical (unpaired) electrons. The van der Waals surface area contributed by atoms with E-state index >= 15 is 0 Å². The molecule has 114 valence electrons. The number of anilines is 1. The number of rotatable bonds is 5. The molecule has 1 aromatic carbocycles. The minimum atomic E-state index is -0.512. The Morgan fingerprint density at radius 2 is 2.29 bits per heavy atom. The van der Waals surface area contributed by atoms with E-state index in [1.807, 2.05) is 13.0 Å². The second-order valence-electron chi connectivity index (χ2n) is 5.76. The van der Waals surface area contributed by atoms with E-state index in [-0.39, 0.29) is 12.5 Å². The van der Waals surface area contributed by atoms with E-state index in [1.165, 1.54) is 0 Å². The van der Waals surface area contributed by atoms with Crippen LogP contribution in [0.4, 0.5) is 5.69 Å². The Morgan fingerprint density at radius 3 is 3.05 bits per heavy atom. The van der Waals surface area contributed by atoms with Crippen LogP contribution in [0.15, 0.2) is 18.2 Å². The zero-order chi connectivity index (χ0) is 14.8. The molecule has 5 nitrogen and oxygen atoms in total. The molecule has 1 amide bonds. The fraction of sp³-hybridized carbons (Fsp3) is 0.562. The Morgan fingerprint density at radius 1 is 1.48 bits per heavy atom. The second kappa shape index (κ2) is 6.03. The van der Waals surface area contributed by atoms with Gasteiger partial charge >= 0.3 is 0 Å². The van der Waals surface area contributed by atoms with Gasteiger partial charge in [-0.05, 0) is 49.8 Å². The van der Waals surface area contributed by atoms with Crippen molar-refractivity contribution in [2.24, 2.45) is 5.92 Å². The summed E-state index contributed by atoms with van der Waals surface area (Å²) in [6, 6.07) is 5.46. The molecule has 1 unspecified atom stereocenters. The Hall–Kier alpha value is -1.59. The summed E-state index contributed by atoms with van der Waals surface area (Å²) in [5.41, 5.74) is 1.46. The Bertz CT molecular complexity index is 525. The number of aliphatic hydroxyl groups excluding tert-OH is 1. The number of hydrogen-bond donors (Lipinski definition) is 2. The minimum absolute atomic E-state index is 0.0514. The third-order valence-electron chi connectivity index (χ3n) is 4.17. The highest BCUT2D eigenvalue weighted by Gasteiger charge is 2.31. The Kier molecular flexibility index (Phi) is 4.12. The van der Waals surface area contributed by atoms with Crippen molar-refractivity contribution >= 4 is 11.6 Å². The number of amides is 1. The lowest BCUT2D eigenvalue weighted by Gasteiger charge is -2.36. The maximum Gasteiger partial charge on any atom is 0.262 e. The number of fused-ring (bicyclic) bond motifs is 1. The summed E-state index contributed by atoms with van der Waals surface area (Å²) in [7, 11) is 0. The van der Waals surface area contributed by atoms with Gasteiger partial charge in [0, 0.05) is 6.61 Å². The summed E-state index contributed by atoms with van der Waals surface area (Å²) in [5, 5.41) is 13.1. The average molecular weight is 291 g/mol. The van der Waals surface area contributed by atoms with Crippen LogP contribution < -0.4 is 10.1 Å². The van der Waals surface area contributed by atoms with Gasteiger partial charge in [-0.25, -0.2) is 0 Å². The number of carbonyl (C=O) groups is 1. The second-order valence-corrected chi connectivity index (χ2v) is 5.76. The van der Waals surface area contributed by atoms with E-state index in [9.17, 15) is 9.90 Å². The highest BCUT2D eigenvalue weighted by Crippen LogP contribution is 2.38. The van der Waals surface area contributed by atoms with E-state index in [1.54, 1.807) is 12.1 Å². The van der Waals surface area contributed by atoms with E-state index < -0.39 is 6.10 Å². The molecule has 0 bridgehead atoms. The highest BCUT2D eigenvalue weighted by atomic mass is 16.5. The van der Waals surface area contributed by atoms with Gasteiger partial charge < -0.3 is 19.9 Å². The van der Waals surface area contributed by atoms with Crippen molar-refractivity contribution in [1.82, 2.24) is 0 Å². The normalized spacial score (nSPS) is 25.3. The van der Waals surface area contributed by atoms with Gasteiger partial charge in [-0.3, -0.25) is 4.79 Å². The van der Waals surface area contributed by atoms with Crippen LogP contribution >= 0.6 is 0 Å². The molecule has 0 saturated heterocycles. The van der Waals surface area contributed by atoms with Crippen molar-refractivity contribution in [3.63, 3.8) is 0 Å². The fourth-order valence-corrected chi connectivity index (χ4v) is 3.00. The molecular weight excluding hydrogens is 270 g/mol. The number of carbonyl (C=O) groups excluding carboxylic acids is 1. The first-order valence-electron chi connectivity index (χ1n) is 7.52. The smallest absolute Gasteiger partial charge is 0.262 e. The van der Waals surface area contributed by atoms with E-state index in [4.69, 9.17) is 9.47 Å². The molecule has 1 aliphatic carbocycles. The topological polar surface area (TPSA) is 67.8 Å². The van der Waals surface area contributed by atoms with Crippen molar-refractivity contribution in [1.29, 1.82) is 0 Å². The van der Waals surface area contributed by atoms with Gasteiger partial charge in [-0.1, -0.05) is 6.07 Å². The molecule has 1 heterocycles. The fourth-order valence-electron chi connectivity index (χ4n) is 3.00. The quantitative estimate of drug-likeness (QED) is 0.873. The summed E-state index contributed by atoms with van der Waals surface area (Å²) >= 11 is 0. The van der Waals surface area contributed by atoms with Crippen molar-refractivity contribution in [3.05, 3.63) is 23.8 Å². The summed E-state index contributed by atoms with van der Waals surface area (Å²) < 4.78 is 10.9. The van der Waals surface area contributed by atoms with Crippen molar-refractivity contribution in [3.8, 4) is 5.75 Å². The van der Waals surface area contributed by atoms with Crippen LogP contribution in [-0.2, 0) is 9.53 Å². The van der Waals surface area contributed by atoms with Gasteiger partial charge in [0.2, 0.25) is 0 Å². The standard InChI is InChI=1S/C16H21NO4/c1-2-20-12-5-10(6-12)7-14(18)11-3-4-15-13(8-11)17-16(19)9-21-15/h3-4,8,10,12,14,18H,2,5-7,9H2,1H3,(H,17,19). The lowest BCUT2D eigenvalue weighted by atomic mass is 9.78. The van der Waals surface area contributed by atoms with E-state index in [0.29, 0.717) is 23.5 Å². The first-order chi connectivity index (χ1) is 10.2. The third kappa shape index (κ3) is 3.19. The Labute approximate surface area is 124 Å². The van der Waals surface area contributed by atoms with Gasteiger partial charge in [-0.15, -0.1) is 0 Å². The summed E-state index contributed by atoms with van der Waals surface area (Å²) in [6.45, 7) is 2.81. The van der Waals surface area contributed by atoms with E-state index in [0.717, 1.165) is 31.4 Å². The molecule has 3 rings (SSSR count). The first-order valence-corrected chi connectivity index (χ1v) is 7.52. The molecule has 1 aliphatic heterocycles. The van der Waals surface area contributed by atoms with Crippen LogP contribution in [0.2, 0.25) is 0 Å². The van der Waals surface area contributed by atoms with Gasteiger partial charge in [0.25, 0.3) is 5.91 Å². The van der Waals surface area contributed by atoms with Gasteiger partial charge in [0.1, 0.15) is 5.75 Å². The lowest BCUT2D eigenvalue weighted by Crippen LogP contribution is -2.32. The Balaban J connectivity index is 1.59. The number of nitrogens with one attached hydrogen (secondary N) is 1. The molecule has 2 aliphatic rings. The molecular formula is C16H21NO4. The van der Waals surface area contributed by atoms with Crippen LogP contribution in [0.25, 0.3) is 0 Å². The van der Waals surface area contributed by atoms with Crippen LogP contribution in [0.1, 0.15) is 37.9 Å². The molecule has 0 aromatic heterocycles. The SMILES string of the molecule is CCOC1CC(CC(O)c2ccc3c(c2)NC(=O)CO3)C1. The van der Waals surface area contributed by atoms with Crippen LogP contribution in [0.3, 0.4) is 0 Å². The third-order valence-corrected chi connectivity index (χ3v) is 4.17. The largest absolute Gasteiger partial charge is 0.482 e. The predicted octanol–water partition coefficient (Wildman–Crippen LogP) is 2.26. The first kappa shape index (κ1) is 14.4. The van der Waals surface area contributed by atoms with Gasteiger partial charge in [-0.2, -0.15) is 0 Å². The molecule has 0 spiro atoms. The van der Waals surface area contributed by atoms with Crippen molar-refractivity contribution < 1.29 is 19.4 Å². The van der Waals surface area contributed by atoms with Crippen molar-refractivity contribution in [2.75, 3.05) is 18.5 Å². The number of ether oxygens (including phenoxy) is 2. The zero-order valence-electron chi connectivity index (χ0n) is 12.2. The molecule has 1 aromatic rings. The van der Waals surface area contributed by atoms with Crippen LogP contribution in [0, 0.1) is 5.92 Å². The molecule has 1 atom stereocenters. The lowest BCUT2D eigenvalue weighted by molar-refractivity contribution is -0.118. The summed E-state index contributed by atoms with van der Waals surface area (Å²) in [5.74, 6) is 1.01. The minimum Gasteiger partial charge on any atom is -0.482 e. The molecule has 1 fully saturated rings. The molecule has 2 N–H and O–H groups in total. The number of benzene rings is 1. The van der Waals surface area contributed by atoms with Crippen molar-refractivity contribution in [2.45, 2.75) is 38.4 Å². The van der Waals surface area contributed by atoms with Gasteiger partial charge in [0.15, 0.2) is 6.61 Å². The average Bonchev–Trinajstić information content (AvgIpc) is 2.44. The number of aliphatic hydroxyl groups is 1. The van der Waals surface area contributed by atoms with Crippen LogP contribution in [-0.4, -0.2) is 30.3 Å². The van der Waals surface area contributed by atoms with Crippen LogP contribution in [0.5, 0.6) is 5.75 Å². The molecule has 21 heavy (non-hydrogen) atoms. The predicted molar refractivity (Wildman–Crippen MR) is 78.3 cm³/mol. The highest BCUT2D eigenvalue weighted by molar-refractivity contribution is 5.95. The molecule has 1 saturated carbocycles. The van der Waals surface area contributed by atoms with E-state index in [2.05, 4.69) is 5.32 Å². The summed E-state index contributed by atoms with van der Waals surface area (Å²) in [4.78, 5) is 11.3. The van der Waals surface area contributed by atoms with Gasteiger partial charge in [0.05, 0.1) is 17.9 Å². The maximum atomic E-state index is 11.3. The number of hydrogen-bond acceptors (Lipinski definition) is 4. The zero-order valence-corrected chi connectivity index (χ0v) is 12.2.